The summed E-state index contributed by atoms with van der Waals surface area (Å²) in [5, 5.41) is 3.89. The monoisotopic (exact) mass is 417 g/mol. The fourth-order valence-electron chi connectivity index (χ4n) is 3.58. The predicted molar refractivity (Wildman–Crippen MR) is 108 cm³/mol. The molecule has 26 heavy (non-hydrogen) atoms. The van der Waals surface area contributed by atoms with Gasteiger partial charge in [-0.1, -0.05) is 40.9 Å². The van der Waals surface area contributed by atoms with E-state index < -0.39 is 5.41 Å². The third kappa shape index (κ3) is 4.04. The summed E-state index contributed by atoms with van der Waals surface area (Å²) in [5.41, 5.74) is 1.39. The Bertz CT molecular complexity index is 722. The predicted octanol–water partition coefficient (Wildman–Crippen LogP) is 4.92. The first-order valence-electron chi connectivity index (χ1n) is 8.93. The molecule has 3 rings (SSSR count). The Kier molecular flexibility index (Phi) is 6.20. The maximum atomic E-state index is 13.2. The van der Waals surface area contributed by atoms with Crippen LogP contribution in [0.25, 0.3) is 0 Å². The number of halogens is 1. The van der Waals surface area contributed by atoms with E-state index >= 15 is 0 Å². The minimum atomic E-state index is -0.461. The summed E-state index contributed by atoms with van der Waals surface area (Å²) < 4.78 is 10.8. The molecule has 0 aromatic heterocycles. The van der Waals surface area contributed by atoms with Crippen LogP contribution >= 0.6 is 15.9 Å². The summed E-state index contributed by atoms with van der Waals surface area (Å²) >= 11 is 3.34. The first-order valence-corrected chi connectivity index (χ1v) is 10.0. The van der Waals surface area contributed by atoms with E-state index in [9.17, 15) is 4.79 Å². The van der Waals surface area contributed by atoms with Crippen LogP contribution in [0.3, 0.4) is 0 Å². The highest BCUT2D eigenvalue weighted by Crippen LogP contribution is 2.42. The molecule has 2 aromatic rings. The normalized spacial score (nSPS) is 15.5. The second-order valence-electron chi connectivity index (χ2n) is 6.53. The van der Waals surface area contributed by atoms with E-state index in [0.29, 0.717) is 6.61 Å². The molecule has 1 fully saturated rings. The van der Waals surface area contributed by atoms with Gasteiger partial charge in [-0.3, -0.25) is 4.79 Å². The van der Waals surface area contributed by atoms with E-state index in [-0.39, 0.29) is 5.91 Å². The number of hydrogen-bond donors (Lipinski definition) is 1. The zero-order chi connectivity index (χ0) is 18.4. The van der Waals surface area contributed by atoms with Gasteiger partial charge in [-0.05, 0) is 54.8 Å². The second kappa shape index (κ2) is 8.58. The molecular formula is C21H24BrNO3. The van der Waals surface area contributed by atoms with Crippen molar-refractivity contribution >= 4 is 27.5 Å². The van der Waals surface area contributed by atoms with E-state index in [1.807, 2.05) is 48.5 Å². The number of nitrogens with one attached hydrogen (secondary N) is 1. The van der Waals surface area contributed by atoms with Gasteiger partial charge in [0.05, 0.1) is 19.1 Å². The van der Waals surface area contributed by atoms with Crippen molar-refractivity contribution in [2.24, 2.45) is 0 Å². The summed E-state index contributed by atoms with van der Waals surface area (Å²) in [4.78, 5) is 13.2. The number of methoxy groups -OCH3 is 1. The zero-order valence-electron chi connectivity index (χ0n) is 15.0. The number of alkyl halides is 1. The third-order valence-corrected chi connectivity index (χ3v) is 5.32. The van der Waals surface area contributed by atoms with E-state index in [2.05, 4.69) is 21.2 Å². The zero-order valence-corrected chi connectivity index (χ0v) is 16.6. The summed E-state index contributed by atoms with van der Waals surface area (Å²) in [5.74, 6) is 1.67. The van der Waals surface area contributed by atoms with Gasteiger partial charge < -0.3 is 14.8 Å². The molecule has 0 aliphatic heterocycles. The van der Waals surface area contributed by atoms with Gasteiger partial charge in [-0.15, -0.1) is 0 Å². The molecule has 0 saturated heterocycles. The van der Waals surface area contributed by atoms with Crippen LogP contribution < -0.4 is 14.8 Å². The van der Waals surface area contributed by atoms with Gasteiger partial charge in [-0.25, -0.2) is 0 Å². The molecule has 0 spiro atoms. The molecule has 138 valence electrons. The number of benzene rings is 2. The number of anilines is 1. The molecule has 4 nitrogen and oxygen atoms in total. The van der Waals surface area contributed by atoms with Gasteiger partial charge in [-0.2, -0.15) is 0 Å². The highest BCUT2D eigenvalue weighted by molar-refractivity contribution is 9.09. The largest absolute Gasteiger partial charge is 0.497 e. The molecule has 1 saturated carbocycles. The van der Waals surface area contributed by atoms with Crippen LogP contribution in [0.2, 0.25) is 0 Å². The van der Waals surface area contributed by atoms with Gasteiger partial charge >= 0.3 is 0 Å². The van der Waals surface area contributed by atoms with Crippen molar-refractivity contribution < 1.29 is 14.3 Å². The molecule has 1 aliphatic carbocycles. The number of carbonyl (C=O) groups is 1. The van der Waals surface area contributed by atoms with E-state index in [4.69, 9.17) is 9.47 Å². The van der Waals surface area contributed by atoms with Crippen molar-refractivity contribution in [1.82, 2.24) is 0 Å². The van der Waals surface area contributed by atoms with Gasteiger partial charge in [0, 0.05) is 11.0 Å². The smallest absolute Gasteiger partial charge is 0.235 e. The standard InChI is InChI=1S/C21H24BrNO3/c1-25-18-8-4-16(5-9-18)21(12-2-3-13-21)20(24)23-17-6-10-19(11-7-17)26-15-14-22/h4-11H,2-3,12-15H2,1H3,(H,23,24). The van der Waals surface area contributed by atoms with Gasteiger partial charge in [0.25, 0.3) is 0 Å². The van der Waals surface area contributed by atoms with Gasteiger partial charge in [0.15, 0.2) is 0 Å². The average molecular weight is 418 g/mol. The number of ether oxygens (including phenoxy) is 2. The van der Waals surface area contributed by atoms with Crippen molar-refractivity contribution in [2.45, 2.75) is 31.1 Å². The van der Waals surface area contributed by atoms with Crippen LogP contribution in [-0.2, 0) is 10.2 Å². The number of amides is 1. The number of carbonyl (C=O) groups excluding carboxylic acids is 1. The molecule has 0 unspecified atom stereocenters. The van der Waals surface area contributed by atoms with E-state index in [0.717, 1.165) is 53.8 Å². The summed E-state index contributed by atoms with van der Waals surface area (Å²) in [6, 6.07) is 15.4. The van der Waals surface area contributed by atoms with Gasteiger partial charge in [0.1, 0.15) is 11.5 Å². The Balaban J connectivity index is 1.76. The molecule has 0 radical (unpaired) electrons. The van der Waals surface area contributed by atoms with Crippen LogP contribution in [0.4, 0.5) is 5.69 Å². The fourth-order valence-corrected chi connectivity index (χ4v) is 3.74. The van der Waals surface area contributed by atoms with Crippen LogP contribution in [0.1, 0.15) is 31.2 Å². The molecule has 0 atom stereocenters. The Labute approximate surface area is 163 Å². The van der Waals surface area contributed by atoms with E-state index in [1.54, 1.807) is 7.11 Å². The highest BCUT2D eigenvalue weighted by Gasteiger charge is 2.42. The lowest BCUT2D eigenvalue weighted by Crippen LogP contribution is -2.37. The van der Waals surface area contributed by atoms with Gasteiger partial charge in [0.2, 0.25) is 5.91 Å². The minimum absolute atomic E-state index is 0.0642. The number of hydrogen-bond acceptors (Lipinski definition) is 3. The lowest BCUT2D eigenvalue weighted by molar-refractivity contribution is -0.121. The Morgan fingerprint density at radius 3 is 2.23 bits per heavy atom. The quantitative estimate of drug-likeness (QED) is 0.650. The Morgan fingerprint density at radius 2 is 1.65 bits per heavy atom. The van der Waals surface area contributed by atoms with Crippen LogP contribution in [0.15, 0.2) is 48.5 Å². The minimum Gasteiger partial charge on any atom is -0.497 e. The molecule has 1 N–H and O–H groups in total. The Morgan fingerprint density at radius 1 is 1.04 bits per heavy atom. The summed E-state index contributed by atoms with van der Waals surface area (Å²) in [6.07, 6.45) is 3.88. The lowest BCUT2D eigenvalue weighted by atomic mass is 9.78. The third-order valence-electron chi connectivity index (χ3n) is 4.99. The topological polar surface area (TPSA) is 47.6 Å². The van der Waals surface area contributed by atoms with Crippen LogP contribution in [-0.4, -0.2) is 25.0 Å². The second-order valence-corrected chi connectivity index (χ2v) is 7.33. The van der Waals surface area contributed by atoms with Crippen molar-refractivity contribution in [1.29, 1.82) is 0 Å². The average Bonchev–Trinajstić information content (AvgIpc) is 3.19. The van der Waals surface area contributed by atoms with Crippen molar-refractivity contribution in [3.8, 4) is 11.5 Å². The van der Waals surface area contributed by atoms with Crippen molar-refractivity contribution in [3.63, 3.8) is 0 Å². The molecule has 2 aromatic carbocycles. The van der Waals surface area contributed by atoms with E-state index in [1.165, 1.54) is 0 Å². The number of rotatable bonds is 7. The maximum absolute atomic E-state index is 13.2. The fraction of sp³-hybridized carbons (Fsp3) is 0.381. The molecule has 5 heteroatoms. The van der Waals surface area contributed by atoms with Crippen LogP contribution in [0, 0.1) is 0 Å². The molecule has 1 aliphatic rings. The maximum Gasteiger partial charge on any atom is 0.235 e. The SMILES string of the molecule is COc1ccc(C2(C(=O)Nc3ccc(OCCBr)cc3)CCCC2)cc1. The first-order chi connectivity index (χ1) is 12.7. The van der Waals surface area contributed by atoms with Crippen molar-refractivity contribution in [3.05, 3.63) is 54.1 Å². The lowest BCUT2D eigenvalue weighted by Gasteiger charge is -2.28. The highest BCUT2D eigenvalue weighted by atomic mass is 79.9. The molecular weight excluding hydrogens is 394 g/mol. The Hall–Kier alpha value is -2.01. The molecule has 1 amide bonds. The van der Waals surface area contributed by atoms with Crippen molar-refractivity contribution in [2.75, 3.05) is 24.4 Å². The first kappa shape index (κ1) is 18.8. The summed E-state index contributed by atoms with van der Waals surface area (Å²) in [7, 11) is 1.65. The molecule has 0 heterocycles. The summed E-state index contributed by atoms with van der Waals surface area (Å²) in [6.45, 7) is 0.617. The molecule has 0 bridgehead atoms. The van der Waals surface area contributed by atoms with Crippen LogP contribution in [0.5, 0.6) is 11.5 Å².